The van der Waals surface area contributed by atoms with Crippen molar-refractivity contribution in [1.29, 1.82) is 0 Å². The van der Waals surface area contributed by atoms with E-state index in [9.17, 15) is 13.2 Å². The van der Waals surface area contributed by atoms with Crippen LogP contribution in [0.4, 0.5) is 11.4 Å². The van der Waals surface area contributed by atoms with Gasteiger partial charge >= 0.3 is 0 Å². The van der Waals surface area contributed by atoms with Crippen LogP contribution in [0.25, 0.3) is 0 Å². The predicted molar refractivity (Wildman–Crippen MR) is 74.2 cm³/mol. The van der Waals surface area contributed by atoms with Gasteiger partial charge in [-0.3, -0.25) is 9.52 Å². The number of anilines is 2. The van der Waals surface area contributed by atoms with Crippen LogP contribution in [0.3, 0.4) is 0 Å². The summed E-state index contributed by atoms with van der Waals surface area (Å²) in [5.41, 5.74) is 1.31. The zero-order valence-corrected chi connectivity index (χ0v) is 11.9. The second-order valence-corrected chi connectivity index (χ2v) is 6.35. The van der Waals surface area contributed by atoms with Crippen LogP contribution in [0.2, 0.25) is 0 Å². The second-order valence-electron chi connectivity index (χ2n) is 5.05. The molecular weight excluding hydrogens is 266 g/mol. The van der Waals surface area contributed by atoms with E-state index in [0.29, 0.717) is 12.2 Å². The summed E-state index contributed by atoms with van der Waals surface area (Å²) in [4.78, 5) is 14.0. The van der Waals surface area contributed by atoms with Crippen molar-refractivity contribution in [3.63, 3.8) is 0 Å². The largest absolute Gasteiger partial charge is 0.312 e. The molecule has 1 heterocycles. The van der Waals surface area contributed by atoms with Crippen molar-refractivity contribution >= 4 is 27.5 Å². The van der Waals surface area contributed by atoms with Crippen molar-refractivity contribution in [2.75, 3.05) is 16.2 Å². The van der Waals surface area contributed by atoms with E-state index in [4.69, 9.17) is 5.14 Å². The van der Waals surface area contributed by atoms with Gasteiger partial charge in [0, 0.05) is 12.2 Å². The van der Waals surface area contributed by atoms with Crippen LogP contribution in [0.15, 0.2) is 18.2 Å². The van der Waals surface area contributed by atoms with Crippen LogP contribution in [-0.4, -0.2) is 20.9 Å². The Bertz CT molecular complexity index is 638. The Labute approximate surface area is 112 Å². The van der Waals surface area contributed by atoms with Gasteiger partial charge < -0.3 is 4.90 Å². The Morgan fingerprint density at radius 3 is 2.53 bits per heavy atom. The number of fused-ring (bicyclic) bond motifs is 1. The van der Waals surface area contributed by atoms with Crippen molar-refractivity contribution < 1.29 is 13.2 Å². The zero-order valence-electron chi connectivity index (χ0n) is 11.1. The van der Waals surface area contributed by atoms with E-state index >= 15 is 0 Å². The smallest absolute Gasteiger partial charge is 0.296 e. The van der Waals surface area contributed by atoms with Crippen LogP contribution in [-0.2, 0) is 20.4 Å². The molecular formula is C12H17N3O3S. The van der Waals surface area contributed by atoms with E-state index in [1.807, 2.05) is 20.8 Å². The Balaban J connectivity index is 2.52. The molecule has 0 radical (unpaired) electrons. The highest BCUT2D eigenvalue weighted by molar-refractivity contribution is 7.90. The zero-order chi connectivity index (χ0) is 14.4. The van der Waals surface area contributed by atoms with E-state index in [2.05, 4.69) is 4.72 Å². The maximum atomic E-state index is 12.3. The van der Waals surface area contributed by atoms with Gasteiger partial charge in [0.2, 0.25) is 5.91 Å². The molecule has 0 bridgehead atoms. The maximum Gasteiger partial charge on any atom is 0.296 e. The first kappa shape index (κ1) is 13.8. The second kappa shape index (κ2) is 4.21. The highest BCUT2D eigenvalue weighted by Gasteiger charge is 2.43. The van der Waals surface area contributed by atoms with Crippen LogP contribution < -0.4 is 14.8 Å². The number of likely N-dealkylation sites (N-methyl/N-ethyl adjacent to an activating group) is 1. The number of rotatable bonds is 3. The fourth-order valence-corrected chi connectivity index (χ4v) is 2.83. The molecule has 1 amide bonds. The van der Waals surface area contributed by atoms with Gasteiger partial charge in [-0.15, -0.1) is 0 Å². The van der Waals surface area contributed by atoms with Crippen molar-refractivity contribution in [3.05, 3.63) is 23.8 Å². The summed E-state index contributed by atoms with van der Waals surface area (Å²) in [6, 6.07) is 4.99. The summed E-state index contributed by atoms with van der Waals surface area (Å²) in [6.45, 7) is 6.13. The van der Waals surface area contributed by atoms with Gasteiger partial charge in [-0.1, -0.05) is 0 Å². The van der Waals surface area contributed by atoms with Crippen LogP contribution in [0.1, 0.15) is 26.3 Å². The minimum absolute atomic E-state index is 0.0118. The van der Waals surface area contributed by atoms with Gasteiger partial charge in [0.25, 0.3) is 10.2 Å². The summed E-state index contributed by atoms with van der Waals surface area (Å²) >= 11 is 0. The molecule has 0 fully saturated rings. The molecule has 6 nitrogen and oxygen atoms in total. The summed E-state index contributed by atoms with van der Waals surface area (Å²) in [5, 5.41) is 4.94. The average molecular weight is 283 g/mol. The van der Waals surface area contributed by atoms with Gasteiger partial charge in [0.1, 0.15) is 0 Å². The van der Waals surface area contributed by atoms with Crippen molar-refractivity contribution in [3.8, 4) is 0 Å². The molecule has 0 saturated heterocycles. The SMILES string of the molecule is CCN1C(=O)C(C)(C)c2cc(NS(N)(=O)=O)ccc21. The number of benzene rings is 1. The normalized spacial score (nSPS) is 17.5. The molecule has 0 aromatic heterocycles. The first-order valence-electron chi connectivity index (χ1n) is 5.94. The number of nitrogens with two attached hydrogens (primary N) is 1. The van der Waals surface area contributed by atoms with Crippen molar-refractivity contribution in [1.82, 2.24) is 0 Å². The Kier molecular flexibility index (Phi) is 3.06. The van der Waals surface area contributed by atoms with Gasteiger partial charge in [-0.05, 0) is 44.5 Å². The van der Waals surface area contributed by atoms with Crippen LogP contribution in [0.5, 0.6) is 0 Å². The highest BCUT2D eigenvalue weighted by Crippen LogP contribution is 2.42. The molecule has 104 valence electrons. The number of amides is 1. The van der Waals surface area contributed by atoms with Gasteiger partial charge in [-0.25, -0.2) is 5.14 Å². The quantitative estimate of drug-likeness (QED) is 0.864. The van der Waals surface area contributed by atoms with Gasteiger partial charge in [0.15, 0.2) is 0 Å². The molecule has 0 saturated carbocycles. The minimum Gasteiger partial charge on any atom is -0.312 e. The lowest BCUT2D eigenvalue weighted by Crippen LogP contribution is -2.35. The molecule has 1 aliphatic rings. The van der Waals surface area contributed by atoms with Gasteiger partial charge in [-0.2, -0.15) is 8.42 Å². The molecule has 2 rings (SSSR count). The lowest BCUT2D eigenvalue weighted by molar-refractivity contribution is -0.122. The van der Waals surface area contributed by atoms with E-state index in [1.54, 1.807) is 23.1 Å². The van der Waals surface area contributed by atoms with E-state index in [0.717, 1.165) is 11.3 Å². The first-order chi connectivity index (χ1) is 8.66. The molecule has 3 N–H and O–H groups in total. The maximum absolute atomic E-state index is 12.3. The number of carbonyl (C=O) groups is 1. The Morgan fingerprint density at radius 2 is 2.00 bits per heavy atom. The molecule has 7 heteroatoms. The Morgan fingerprint density at radius 1 is 1.37 bits per heavy atom. The summed E-state index contributed by atoms with van der Waals surface area (Å²) in [7, 11) is -3.81. The summed E-state index contributed by atoms with van der Waals surface area (Å²) in [6.07, 6.45) is 0. The van der Waals surface area contributed by atoms with Crippen molar-refractivity contribution in [2.45, 2.75) is 26.2 Å². The monoisotopic (exact) mass is 283 g/mol. The highest BCUT2D eigenvalue weighted by atomic mass is 32.2. The molecule has 0 unspecified atom stereocenters. The molecule has 1 aliphatic heterocycles. The Hall–Kier alpha value is -1.60. The summed E-state index contributed by atoms with van der Waals surface area (Å²) < 4.78 is 24.3. The number of hydrogen-bond donors (Lipinski definition) is 2. The molecule has 0 aliphatic carbocycles. The third-order valence-electron chi connectivity index (χ3n) is 3.32. The molecule has 0 spiro atoms. The third kappa shape index (κ3) is 2.31. The molecule has 1 aromatic rings. The lowest BCUT2D eigenvalue weighted by atomic mass is 9.86. The number of carbonyl (C=O) groups excluding carboxylic acids is 1. The summed E-state index contributed by atoms with van der Waals surface area (Å²) in [5.74, 6) is 0.0118. The number of hydrogen-bond acceptors (Lipinski definition) is 3. The first-order valence-corrected chi connectivity index (χ1v) is 7.48. The molecule has 1 aromatic carbocycles. The van der Waals surface area contributed by atoms with Crippen LogP contribution in [0, 0.1) is 0 Å². The average Bonchev–Trinajstić information content (AvgIpc) is 2.46. The van der Waals surface area contributed by atoms with Gasteiger partial charge in [0.05, 0.1) is 11.1 Å². The van der Waals surface area contributed by atoms with E-state index in [-0.39, 0.29) is 5.91 Å². The fraction of sp³-hybridized carbons (Fsp3) is 0.417. The van der Waals surface area contributed by atoms with E-state index in [1.165, 1.54) is 0 Å². The third-order valence-corrected chi connectivity index (χ3v) is 3.84. The predicted octanol–water partition coefficient (Wildman–Crippen LogP) is 0.946. The number of nitrogens with zero attached hydrogens (tertiary/aromatic N) is 1. The van der Waals surface area contributed by atoms with Crippen molar-refractivity contribution in [2.24, 2.45) is 5.14 Å². The van der Waals surface area contributed by atoms with E-state index < -0.39 is 15.6 Å². The number of nitrogens with one attached hydrogen (secondary N) is 1. The minimum atomic E-state index is -3.81. The standard InChI is InChI=1S/C12H17N3O3S/c1-4-15-10-6-5-8(14-19(13,17)18)7-9(10)12(2,3)11(15)16/h5-7,14H,4H2,1-3H3,(H2,13,17,18). The lowest BCUT2D eigenvalue weighted by Gasteiger charge is -2.18. The van der Waals surface area contributed by atoms with Crippen LogP contribution >= 0.6 is 0 Å². The molecule has 19 heavy (non-hydrogen) atoms. The topological polar surface area (TPSA) is 92.5 Å². The fourth-order valence-electron chi connectivity index (χ4n) is 2.38. The molecule has 0 atom stereocenters.